The van der Waals surface area contributed by atoms with E-state index in [1.54, 1.807) is 0 Å². The van der Waals surface area contributed by atoms with Crippen LogP contribution in [0, 0.1) is 17.0 Å². The summed E-state index contributed by atoms with van der Waals surface area (Å²) >= 11 is 0.718. The summed E-state index contributed by atoms with van der Waals surface area (Å²) in [6, 6.07) is 9.93. The van der Waals surface area contributed by atoms with Gasteiger partial charge in [-0.05, 0) is 47.9 Å². The minimum atomic E-state index is -0.716. The summed E-state index contributed by atoms with van der Waals surface area (Å²) in [4.78, 5) is 36.4. The van der Waals surface area contributed by atoms with Crippen molar-refractivity contribution >= 4 is 34.7 Å². The highest BCUT2D eigenvalue weighted by Crippen LogP contribution is 2.36. The average Bonchev–Trinajstić information content (AvgIpc) is 2.96. The normalized spacial score (nSPS) is 15.2. The van der Waals surface area contributed by atoms with Crippen molar-refractivity contribution in [3.05, 3.63) is 68.1 Å². The van der Waals surface area contributed by atoms with E-state index in [-0.39, 0.29) is 29.5 Å². The van der Waals surface area contributed by atoms with Crippen molar-refractivity contribution in [1.29, 1.82) is 0 Å². The maximum absolute atomic E-state index is 12.7. The third-order valence-corrected chi connectivity index (χ3v) is 5.67. The van der Waals surface area contributed by atoms with Crippen molar-refractivity contribution < 1.29 is 24.4 Å². The summed E-state index contributed by atoms with van der Waals surface area (Å²) in [6.07, 6.45) is 1.28. The number of nitro groups is 1. The fourth-order valence-corrected chi connectivity index (χ4v) is 3.99. The van der Waals surface area contributed by atoms with Crippen molar-refractivity contribution in [2.45, 2.75) is 26.7 Å². The Kier molecular flexibility index (Phi) is 6.65. The van der Waals surface area contributed by atoms with Crippen LogP contribution in [0.15, 0.2) is 41.3 Å². The van der Waals surface area contributed by atoms with E-state index in [1.807, 2.05) is 25.1 Å². The van der Waals surface area contributed by atoms with Gasteiger partial charge in [0.05, 0.1) is 16.4 Å². The van der Waals surface area contributed by atoms with E-state index in [0.29, 0.717) is 0 Å². The van der Waals surface area contributed by atoms with E-state index in [4.69, 9.17) is 4.74 Å². The first-order valence-electron chi connectivity index (χ1n) is 9.64. The Labute approximate surface area is 183 Å². The molecule has 1 fully saturated rings. The fourth-order valence-electron chi connectivity index (χ4n) is 3.14. The minimum Gasteiger partial charge on any atom is -0.502 e. The third kappa shape index (κ3) is 4.88. The van der Waals surface area contributed by atoms with Crippen molar-refractivity contribution in [2.75, 3.05) is 13.2 Å². The molecule has 0 aliphatic carbocycles. The highest BCUT2D eigenvalue weighted by molar-refractivity contribution is 8.18. The van der Waals surface area contributed by atoms with Gasteiger partial charge in [-0.15, -0.1) is 0 Å². The molecule has 0 atom stereocenters. The van der Waals surface area contributed by atoms with Gasteiger partial charge in [-0.1, -0.05) is 38.1 Å². The molecule has 162 valence electrons. The second-order valence-electron chi connectivity index (χ2n) is 7.35. The molecule has 0 spiro atoms. The van der Waals surface area contributed by atoms with Crippen LogP contribution in [0.3, 0.4) is 0 Å². The summed E-state index contributed by atoms with van der Waals surface area (Å²) in [5, 5.41) is 20.6. The lowest BCUT2D eigenvalue weighted by Gasteiger charge is -2.17. The fraction of sp³-hybridized carbons (Fsp3) is 0.273. The number of carbonyl (C=O) groups excluding carboxylic acids is 2. The number of nitro benzene ring substituents is 1. The number of phenols is 1. The predicted molar refractivity (Wildman–Crippen MR) is 118 cm³/mol. The van der Waals surface area contributed by atoms with Gasteiger partial charge in [0.25, 0.3) is 11.1 Å². The topological polar surface area (TPSA) is 110 Å². The summed E-state index contributed by atoms with van der Waals surface area (Å²) in [7, 11) is 0. The van der Waals surface area contributed by atoms with E-state index >= 15 is 0 Å². The van der Waals surface area contributed by atoms with Crippen LogP contribution >= 0.6 is 11.8 Å². The Bertz CT molecular complexity index is 1080. The van der Waals surface area contributed by atoms with Gasteiger partial charge in [0.2, 0.25) is 5.75 Å². The number of benzene rings is 2. The number of hydrogen-bond acceptors (Lipinski definition) is 7. The first-order chi connectivity index (χ1) is 14.7. The molecule has 0 radical (unpaired) electrons. The van der Waals surface area contributed by atoms with Crippen LogP contribution in [0.2, 0.25) is 0 Å². The summed E-state index contributed by atoms with van der Waals surface area (Å²) in [5.41, 5.74) is 1.71. The maximum Gasteiger partial charge on any atom is 0.311 e. The van der Waals surface area contributed by atoms with E-state index in [0.717, 1.165) is 39.6 Å². The summed E-state index contributed by atoms with van der Waals surface area (Å²) in [5.74, 6) is -0.0986. The number of para-hydroxylation sites is 1. The Morgan fingerprint density at radius 2 is 2.00 bits per heavy atom. The van der Waals surface area contributed by atoms with Crippen LogP contribution in [0.4, 0.5) is 10.5 Å². The molecule has 3 rings (SSSR count). The number of imide groups is 1. The molecule has 1 aliphatic heterocycles. The van der Waals surface area contributed by atoms with Crippen LogP contribution in [0.1, 0.15) is 36.5 Å². The van der Waals surface area contributed by atoms with Crippen LogP contribution in [0.5, 0.6) is 11.5 Å². The van der Waals surface area contributed by atoms with E-state index in [2.05, 4.69) is 13.8 Å². The zero-order valence-electron chi connectivity index (χ0n) is 17.3. The maximum atomic E-state index is 12.7. The monoisotopic (exact) mass is 442 g/mol. The number of aryl methyl sites for hydroxylation is 1. The third-order valence-electron chi connectivity index (χ3n) is 4.77. The van der Waals surface area contributed by atoms with Crippen molar-refractivity contribution in [3.8, 4) is 11.5 Å². The van der Waals surface area contributed by atoms with E-state index in [9.17, 15) is 24.8 Å². The average molecular weight is 442 g/mol. The Balaban J connectivity index is 1.72. The summed E-state index contributed by atoms with van der Waals surface area (Å²) < 4.78 is 5.86. The quantitative estimate of drug-likeness (QED) is 0.371. The van der Waals surface area contributed by atoms with Crippen molar-refractivity contribution in [3.63, 3.8) is 0 Å². The van der Waals surface area contributed by atoms with Gasteiger partial charge in [-0.3, -0.25) is 24.6 Å². The van der Waals surface area contributed by atoms with E-state index < -0.39 is 27.5 Å². The smallest absolute Gasteiger partial charge is 0.311 e. The molecule has 0 bridgehead atoms. The molecule has 9 heteroatoms. The molecule has 1 saturated heterocycles. The standard InChI is InChI=1S/C22H22N2O6S/c1-13(2)16-8-7-14(3)11-18(16)30-10-9-23-21(26)19(31-22(23)27)12-15-5-4-6-17(20(15)25)24(28)29/h4-8,11-13,25H,9-10H2,1-3H3/b19-12-. The number of amides is 2. The molecule has 0 saturated carbocycles. The van der Waals surface area contributed by atoms with Crippen LogP contribution < -0.4 is 4.74 Å². The molecule has 1 heterocycles. The molecule has 2 amide bonds. The van der Waals surface area contributed by atoms with Gasteiger partial charge in [0, 0.05) is 11.6 Å². The number of ether oxygens (including phenoxy) is 1. The lowest BCUT2D eigenvalue weighted by Crippen LogP contribution is -2.32. The van der Waals surface area contributed by atoms with Gasteiger partial charge in [0.15, 0.2) is 0 Å². The molecule has 1 N–H and O–H groups in total. The number of carbonyl (C=O) groups is 2. The lowest BCUT2D eigenvalue weighted by atomic mass is 10.0. The number of nitrogens with zero attached hydrogens (tertiary/aromatic N) is 2. The van der Waals surface area contributed by atoms with Gasteiger partial charge >= 0.3 is 5.69 Å². The number of hydrogen-bond donors (Lipinski definition) is 1. The van der Waals surface area contributed by atoms with E-state index in [1.165, 1.54) is 18.2 Å². The first-order valence-corrected chi connectivity index (χ1v) is 10.5. The van der Waals surface area contributed by atoms with Crippen LogP contribution in [-0.2, 0) is 4.79 Å². The van der Waals surface area contributed by atoms with Gasteiger partial charge in [-0.25, -0.2) is 0 Å². The van der Waals surface area contributed by atoms with Crippen LogP contribution in [0.25, 0.3) is 6.08 Å². The van der Waals surface area contributed by atoms with Gasteiger partial charge in [0.1, 0.15) is 12.4 Å². The molecule has 0 unspecified atom stereocenters. The zero-order valence-corrected chi connectivity index (χ0v) is 18.1. The number of rotatable bonds is 7. The van der Waals surface area contributed by atoms with Crippen molar-refractivity contribution in [1.82, 2.24) is 4.90 Å². The molecular formula is C22H22N2O6S. The predicted octanol–water partition coefficient (Wildman–Crippen LogP) is 4.85. The van der Waals surface area contributed by atoms with Crippen LogP contribution in [-0.4, -0.2) is 39.2 Å². The molecule has 0 aromatic heterocycles. The second-order valence-corrected chi connectivity index (χ2v) is 8.34. The molecular weight excluding hydrogens is 420 g/mol. The Morgan fingerprint density at radius 1 is 1.26 bits per heavy atom. The second kappa shape index (κ2) is 9.22. The molecule has 2 aromatic carbocycles. The summed E-state index contributed by atoms with van der Waals surface area (Å²) in [6.45, 7) is 6.27. The molecule has 2 aromatic rings. The minimum absolute atomic E-state index is 0.0639. The lowest BCUT2D eigenvalue weighted by molar-refractivity contribution is -0.385. The van der Waals surface area contributed by atoms with Gasteiger partial charge in [-0.2, -0.15) is 0 Å². The number of phenolic OH excluding ortho intramolecular Hbond substituents is 1. The molecule has 8 nitrogen and oxygen atoms in total. The Morgan fingerprint density at radius 3 is 2.68 bits per heavy atom. The first kappa shape index (κ1) is 22.4. The zero-order chi connectivity index (χ0) is 22.7. The molecule has 31 heavy (non-hydrogen) atoms. The Hall–Kier alpha value is -3.33. The highest BCUT2D eigenvalue weighted by atomic mass is 32.2. The van der Waals surface area contributed by atoms with Gasteiger partial charge < -0.3 is 9.84 Å². The number of aromatic hydroxyl groups is 1. The van der Waals surface area contributed by atoms with Crippen molar-refractivity contribution in [2.24, 2.45) is 0 Å². The number of thioether (sulfide) groups is 1. The molecule has 1 aliphatic rings. The SMILES string of the molecule is Cc1ccc(C(C)C)c(OCCN2C(=O)S/C(=C\c3cccc([N+](=O)[O-])c3O)C2=O)c1. The largest absolute Gasteiger partial charge is 0.502 e. The highest BCUT2D eigenvalue weighted by Gasteiger charge is 2.35.